The number of carbonyl (C=O) groups excluding carboxylic acids is 1. The van der Waals surface area contributed by atoms with Crippen LogP contribution in [0.25, 0.3) is 0 Å². The van der Waals surface area contributed by atoms with Crippen LogP contribution in [0.3, 0.4) is 0 Å². The van der Waals surface area contributed by atoms with Crippen molar-refractivity contribution in [3.8, 4) is 0 Å². The molecular weight excluding hydrogens is 431 g/mol. The number of ketones is 1. The summed E-state index contributed by atoms with van der Waals surface area (Å²) in [7, 11) is -4.01. The number of aromatic nitrogens is 1. The zero-order valence-electron chi connectivity index (χ0n) is 13.5. The molecule has 0 saturated heterocycles. The third kappa shape index (κ3) is 4.42. The van der Waals surface area contributed by atoms with E-state index >= 15 is 0 Å². The van der Waals surface area contributed by atoms with Crippen molar-refractivity contribution < 1.29 is 13.2 Å². The van der Waals surface area contributed by atoms with Gasteiger partial charge in [0.15, 0.2) is 5.78 Å². The number of anilines is 1. The first-order chi connectivity index (χ1) is 12.8. The molecule has 1 N–H and O–H groups in total. The predicted octanol–water partition coefficient (Wildman–Crippen LogP) is 5.07. The molecule has 9 heteroatoms. The summed E-state index contributed by atoms with van der Waals surface area (Å²) in [6.45, 7) is 0. The van der Waals surface area contributed by atoms with Crippen LogP contribution in [0.4, 0.5) is 5.69 Å². The molecule has 0 radical (unpaired) electrons. The van der Waals surface area contributed by atoms with Crippen LogP contribution in [0.1, 0.15) is 15.9 Å². The molecular formula is C18H11Cl3N2O3S. The van der Waals surface area contributed by atoms with Crippen LogP contribution in [0.2, 0.25) is 15.1 Å². The van der Waals surface area contributed by atoms with Crippen molar-refractivity contribution >= 4 is 56.3 Å². The van der Waals surface area contributed by atoms with Gasteiger partial charge in [-0.2, -0.15) is 0 Å². The molecule has 1 heterocycles. The summed E-state index contributed by atoms with van der Waals surface area (Å²) in [5.41, 5.74) is 0.480. The summed E-state index contributed by atoms with van der Waals surface area (Å²) in [5.74, 6) is -0.419. The normalized spacial score (nSPS) is 11.2. The maximum atomic E-state index is 12.8. The number of nitrogens with zero attached hydrogens (tertiary/aromatic N) is 1. The largest absolute Gasteiger partial charge is 0.288 e. The molecule has 138 valence electrons. The number of nitrogens with one attached hydrogen (secondary N) is 1. The van der Waals surface area contributed by atoms with Gasteiger partial charge in [-0.05, 0) is 48.5 Å². The molecule has 3 rings (SSSR count). The average molecular weight is 442 g/mol. The third-order valence-electron chi connectivity index (χ3n) is 3.60. The molecule has 0 amide bonds. The maximum absolute atomic E-state index is 12.8. The van der Waals surface area contributed by atoms with E-state index in [1.807, 2.05) is 0 Å². The van der Waals surface area contributed by atoms with Gasteiger partial charge in [0.25, 0.3) is 10.0 Å². The fourth-order valence-electron chi connectivity index (χ4n) is 2.29. The molecule has 0 aliphatic rings. The minimum Gasteiger partial charge on any atom is -0.288 e. The monoisotopic (exact) mass is 440 g/mol. The van der Waals surface area contributed by atoms with E-state index in [-0.39, 0.29) is 26.2 Å². The van der Waals surface area contributed by atoms with Crippen LogP contribution in [0, 0.1) is 0 Å². The first kappa shape index (κ1) is 19.6. The number of pyridine rings is 1. The van der Waals surface area contributed by atoms with Crippen molar-refractivity contribution in [3.05, 3.63) is 87.1 Å². The second-order valence-electron chi connectivity index (χ2n) is 5.44. The van der Waals surface area contributed by atoms with E-state index in [0.29, 0.717) is 10.6 Å². The van der Waals surface area contributed by atoms with Crippen LogP contribution in [0.15, 0.2) is 65.8 Å². The van der Waals surface area contributed by atoms with Crippen LogP contribution >= 0.6 is 34.8 Å². The van der Waals surface area contributed by atoms with Gasteiger partial charge in [0.1, 0.15) is 0 Å². The van der Waals surface area contributed by atoms with Gasteiger partial charge in [-0.1, -0.05) is 34.8 Å². The molecule has 1 aromatic heterocycles. The smallest absolute Gasteiger partial charge is 0.261 e. The first-order valence-electron chi connectivity index (χ1n) is 7.50. The number of benzene rings is 2. The highest BCUT2D eigenvalue weighted by Gasteiger charge is 2.21. The van der Waals surface area contributed by atoms with E-state index in [1.165, 1.54) is 48.8 Å². The molecule has 3 aromatic rings. The van der Waals surface area contributed by atoms with Crippen molar-refractivity contribution in [3.63, 3.8) is 0 Å². The Bertz CT molecular complexity index is 1120. The van der Waals surface area contributed by atoms with E-state index in [2.05, 4.69) is 9.71 Å². The van der Waals surface area contributed by atoms with Crippen molar-refractivity contribution in [2.24, 2.45) is 0 Å². The van der Waals surface area contributed by atoms with Crippen LogP contribution in [-0.4, -0.2) is 19.2 Å². The highest BCUT2D eigenvalue weighted by molar-refractivity contribution is 7.92. The molecule has 0 aliphatic carbocycles. The minimum atomic E-state index is -4.01. The quantitative estimate of drug-likeness (QED) is 0.561. The van der Waals surface area contributed by atoms with E-state index in [0.717, 1.165) is 0 Å². The molecule has 0 saturated carbocycles. The zero-order chi connectivity index (χ0) is 19.6. The molecule has 5 nitrogen and oxygen atoms in total. The van der Waals surface area contributed by atoms with Gasteiger partial charge in [0, 0.05) is 28.5 Å². The topological polar surface area (TPSA) is 76.1 Å². The van der Waals surface area contributed by atoms with Gasteiger partial charge < -0.3 is 0 Å². The highest BCUT2D eigenvalue weighted by atomic mass is 35.5. The molecule has 0 bridgehead atoms. The highest BCUT2D eigenvalue weighted by Crippen LogP contribution is 2.28. The Kier molecular flexibility index (Phi) is 5.72. The number of hydrogen-bond acceptors (Lipinski definition) is 4. The van der Waals surface area contributed by atoms with E-state index in [4.69, 9.17) is 34.8 Å². The summed E-state index contributed by atoms with van der Waals surface area (Å²) in [6, 6.07) is 11.4. The minimum absolute atomic E-state index is 0.0827. The van der Waals surface area contributed by atoms with Gasteiger partial charge in [-0.3, -0.25) is 14.5 Å². The number of carbonyl (C=O) groups is 1. The van der Waals surface area contributed by atoms with Crippen molar-refractivity contribution in [2.75, 3.05) is 4.72 Å². The molecule has 27 heavy (non-hydrogen) atoms. The van der Waals surface area contributed by atoms with E-state index in [9.17, 15) is 13.2 Å². The Morgan fingerprint density at radius 1 is 0.963 bits per heavy atom. The van der Waals surface area contributed by atoms with Crippen LogP contribution in [0.5, 0.6) is 0 Å². The van der Waals surface area contributed by atoms with Gasteiger partial charge in [0.2, 0.25) is 0 Å². The molecule has 0 atom stereocenters. The standard InChI is InChI=1S/C18H11Cl3N2O3S/c19-12-3-6-17(14(8-12)18(24)11-2-1-7-22-10-11)23-27(25,26)13-4-5-15(20)16(21)9-13/h1-10,23H. The maximum Gasteiger partial charge on any atom is 0.261 e. The Hall–Kier alpha value is -2.12. The second kappa shape index (κ2) is 7.86. The SMILES string of the molecule is O=C(c1cccnc1)c1cc(Cl)ccc1NS(=O)(=O)c1ccc(Cl)c(Cl)c1. The lowest BCUT2D eigenvalue weighted by Crippen LogP contribution is -2.16. The average Bonchev–Trinajstić information content (AvgIpc) is 2.65. The Labute approximate surface area is 171 Å². The van der Waals surface area contributed by atoms with Crippen molar-refractivity contribution in [1.29, 1.82) is 0 Å². The predicted molar refractivity (Wildman–Crippen MR) is 106 cm³/mol. The summed E-state index contributed by atoms with van der Waals surface area (Å²) in [6.07, 6.45) is 2.92. The summed E-state index contributed by atoms with van der Waals surface area (Å²) in [4.78, 5) is 16.6. The van der Waals surface area contributed by atoms with Crippen molar-refractivity contribution in [2.45, 2.75) is 4.90 Å². The number of halogens is 3. The number of rotatable bonds is 5. The van der Waals surface area contributed by atoms with Crippen molar-refractivity contribution in [1.82, 2.24) is 4.98 Å². The van der Waals surface area contributed by atoms with Gasteiger partial charge in [-0.15, -0.1) is 0 Å². The lowest BCUT2D eigenvalue weighted by atomic mass is 10.0. The number of sulfonamides is 1. The molecule has 0 fully saturated rings. The fraction of sp³-hybridized carbons (Fsp3) is 0. The molecule has 2 aromatic carbocycles. The lowest BCUT2D eigenvalue weighted by molar-refractivity contribution is 0.103. The summed E-state index contributed by atoms with van der Waals surface area (Å²) < 4.78 is 27.8. The second-order valence-corrected chi connectivity index (χ2v) is 8.38. The Morgan fingerprint density at radius 2 is 1.74 bits per heavy atom. The summed E-state index contributed by atoms with van der Waals surface area (Å²) >= 11 is 17.7. The van der Waals surface area contributed by atoms with Crippen LogP contribution in [-0.2, 0) is 10.0 Å². The first-order valence-corrected chi connectivity index (χ1v) is 10.1. The third-order valence-corrected chi connectivity index (χ3v) is 5.93. The van der Waals surface area contributed by atoms with E-state index < -0.39 is 15.8 Å². The Morgan fingerprint density at radius 3 is 2.41 bits per heavy atom. The van der Waals surface area contributed by atoms with Gasteiger partial charge in [0.05, 0.1) is 20.6 Å². The molecule has 0 spiro atoms. The summed E-state index contributed by atoms with van der Waals surface area (Å²) in [5, 5.41) is 0.622. The number of hydrogen-bond donors (Lipinski definition) is 1. The fourth-order valence-corrected chi connectivity index (χ4v) is 3.93. The zero-order valence-corrected chi connectivity index (χ0v) is 16.6. The molecule has 0 aliphatic heterocycles. The molecule has 0 unspecified atom stereocenters. The van der Waals surface area contributed by atoms with Gasteiger partial charge in [-0.25, -0.2) is 8.42 Å². The van der Waals surface area contributed by atoms with E-state index in [1.54, 1.807) is 12.1 Å². The van der Waals surface area contributed by atoms with Crippen LogP contribution < -0.4 is 4.72 Å². The van der Waals surface area contributed by atoms with Gasteiger partial charge >= 0.3 is 0 Å². The Balaban J connectivity index is 2.02. The lowest BCUT2D eigenvalue weighted by Gasteiger charge is -2.13.